The van der Waals surface area contributed by atoms with Crippen LogP contribution < -0.4 is 19.7 Å². The van der Waals surface area contributed by atoms with Crippen molar-refractivity contribution in [2.45, 2.75) is 25.8 Å². The first kappa shape index (κ1) is 19.1. The van der Waals surface area contributed by atoms with Crippen molar-refractivity contribution >= 4 is 11.4 Å². The van der Waals surface area contributed by atoms with Gasteiger partial charge in [-0.15, -0.1) is 10.2 Å². The Hall–Kier alpha value is -3.22. The summed E-state index contributed by atoms with van der Waals surface area (Å²) in [6, 6.07) is 14.0. The average molecular weight is 394 g/mol. The van der Waals surface area contributed by atoms with E-state index in [1.165, 1.54) is 24.9 Å². The minimum atomic E-state index is 0.447. The Balaban J connectivity index is 1.38. The predicted molar refractivity (Wildman–Crippen MR) is 113 cm³/mol. The van der Waals surface area contributed by atoms with Crippen molar-refractivity contribution in [3.8, 4) is 23.0 Å². The molecule has 1 aliphatic rings. The Labute approximate surface area is 170 Å². The third-order valence-electron chi connectivity index (χ3n) is 5.13. The maximum absolute atomic E-state index is 5.79. The molecular formula is C22H26N4O3. The Kier molecular flexibility index (Phi) is 5.84. The SMILES string of the molecule is COc1ccc(-c2nnc(CNc3ccc(N4CCCCC4)cc3)o2)cc1OC. The van der Waals surface area contributed by atoms with E-state index in [0.717, 1.165) is 24.3 Å². The second-order valence-corrected chi connectivity index (χ2v) is 7.02. The first-order valence-corrected chi connectivity index (χ1v) is 9.90. The van der Waals surface area contributed by atoms with Crippen molar-refractivity contribution in [3.05, 3.63) is 48.4 Å². The summed E-state index contributed by atoms with van der Waals surface area (Å²) in [7, 11) is 3.20. The molecule has 152 valence electrons. The fourth-order valence-corrected chi connectivity index (χ4v) is 3.53. The highest BCUT2D eigenvalue weighted by atomic mass is 16.5. The zero-order valence-corrected chi connectivity index (χ0v) is 16.9. The Bertz CT molecular complexity index is 933. The lowest BCUT2D eigenvalue weighted by Gasteiger charge is -2.28. The summed E-state index contributed by atoms with van der Waals surface area (Å²) >= 11 is 0. The molecule has 0 aliphatic carbocycles. The number of nitrogens with one attached hydrogen (secondary N) is 1. The quantitative estimate of drug-likeness (QED) is 0.638. The van der Waals surface area contributed by atoms with Gasteiger partial charge in [-0.25, -0.2) is 0 Å². The number of ether oxygens (including phenoxy) is 2. The molecule has 0 bridgehead atoms. The van der Waals surface area contributed by atoms with E-state index >= 15 is 0 Å². The highest BCUT2D eigenvalue weighted by molar-refractivity contribution is 5.59. The summed E-state index contributed by atoms with van der Waals surface area (Å²) in [4.78, 5) is 2.45. The minimum absolute atomic E-state index is 0.447. The molecule has 1 aromatic heterocycles. The van der Waals surface area contributed by atoms with Gasteiger partial charge in [0.2, 0.25) is 11.8 Å². The normalized spacial score (nSPS) is 13.9. The summed E-state index contributed by atoms with van der Waals surface area (Å²) < 4.78 is 16.4. The van der Waals surface area contributed by atoms with E-state index in [9.17, 15) is 0 Å². The standard InChI is InChI=1S/C22H26N4O3/c1-27-19-11-6-16(14-20(19)28-2)22-25-24-21(29-22)15-23-17-7-9-18(10-8-17)26-12-4-3-5-13-26/h6-11,14,23H,3-5,12-13,15H2,1-2H3. The topological polar surface area (TPSA) is 72.7 Å². The van der Waals surface area contributed by atoms with Gasteiger partial charge in [0.15, 0.2) is 11.5 Å². The molecule has 1 saturated heterocycles. The number of nitrogens with zero attached hydrogens (tertiary/aromatic N) is 3. The second kappa shape index (κ2) is 8.86. The molecule has 7 nitrogen and oxygen atoms in total. The largest absolute Gasteiger partial charge is 0.493 e. The van der Waals surface area contributed by atoms with Gasteiger partial charge in [-0.3, -0.25) is 0 Å². The van der Waals surface area contributed by atoms with Gasteiger partial charge in [0.05, 0.1) is 20.8 Å². The summed E-state index contributed by atoms with van der Waals surface area (Å²) in [6.45, 7) is 2.75. The highest BCUT2D eigenvalue weighted by Crippen LogP contribution is 2.31. The van der Waals surface area contributed by atoms with Gasteiger partial charge in [-0.2, -0.15) is 0 Å². The third kappa shape index (κ3) is 4.45. The lowest BCUT2D eigenvalue weighted by Crippen LogP contribution is -2.29. The van der Waals surface area contributed by atoms with Crippen LogP contribution in [0.2, 0.25) is 0 Å². The average Bonchev–Trinajstić information content (AvgIpc) is 3.27. The summed E-state index contributed by atoms with van der Waals surface area (Å²) in [6.07, 6.45) is 3.89. The Morgan fingerprint density at radius 3 is 2.41 bits per heavy atom. The maximum Gasteiger partial charge on any atom is 0.247 e. The van der Waals surface area contributed by atoms with E-state index in [1.807, 2.05) is 18.2 Å². The predicted octanol–water partition coefficient (Wildman–Crippen LogP) is 4.36. The zero-order chi connectivity index (χ0) is 20.1. The summed E-state index contributed by atoms with van der Waals surface area (Å²) in [5.74, 6) is 2.25. The number of hydrogen-bond donors (Lipinski definition) is 1. The number of rotatable bonds is 7. The van der Waals surface area contributed by atoms with Crippen LogP contribution in [0.5, 0.6) is 11.5 Å². The van der Waals surface area contributed by atoms with Gasteiger partial charge < -0.3 is 24.1 Å². The highest BCUT2D eigenvalue weighted by Gasteiger charge is 2.13. The van der Waals surface area contributed by atoms with Crippen LogP contribution in [-0.4, -0.2) is 37.5 Å². The molecule has 29 heavy (non-hydrogen) atoms. The maximum atomic E-state index is 5.79. The lowest BCUT2D eigenvalue weighted by molar-refractivity contribution is 0.355. The van der Waals surface area contributed by atoms with E-state index in [2.05, 4.69) is 44.7 Å². The molecule has 1 N–H and O–H groups in total. The molecule has 0 saturated carbocycles. The fraction of sp³-hybridized carbons (Fsp3) is 0.364. The number of piperidine rings is 1. The monoisotopic (exact) mass is 394 g/mol. The molecule has 0 unspecified atom stereocenters. The Morgan fingerprint density at radius 2 is 1.69 bits per heavy atom. The van der Waals surface area contributed by atoms with Crippen molar-refractivity contribution in [2.24, 2.45) is 0 Å². The number of methoxy groups -OCH3 is 2. The van der Waals surface area contributed by atoms with Crippen molar-refractivity contribution in [2.75, 3.05) is 37.5 Å². The first-order valence-electron chi connectivity index (χ1n) is 9.90. The first-order chi connectivity index (χ1) is 14.3. The Morgan fingerprint density at radius 1 is 0.931 bits per heavy atom. The van der Waals surface area contributed by atoms with Crippen LogP contribution in [0, 0.1) is 0 Å². The van der Waals surface area contributed by atoms with Crippen LogP contribution in [-0.2, 0) is 6.54 Å². The number of benzene rings is 2. The molecular weight excluding hydrogens is 368 g/mol. The lowest BCUT2D eigenvalue weighted by atomic mass is 10.1. The molecule has 1 fully saturated rings. The molecule has 7 heteroatoms. The molecule has 0 atom stereocenters. The molecule has 0 amide bonds. The van der Waals surface area contributed by atoms with Gasteiger partial charge in [-0.05, 0) is 61.7 Å². The van der Waals surface area contributed by atoms with Crippen molar-refractivity contribution < 1.29 is 13.9 Å². The van der Waals surface area contributed by atoms with Crippen LogP contribution in [0.3, 0.4) is 0 Å². The third-order valence-corrected chi connectivity index (χ3v) is 5.13. The zero-order valence-electron chi connectivity index (χ0n) is 16.9. The molecule has 4 rings (SSSR count). The van der Waals surface area contributed by atoms with Gasteiger partial charge in [0.25, 0.3) is 0 Å². The van der Waals surface area contributed by atoms with Crippen LogP contribution in [0.1, 0.15) is 25.2 Å². The van der Waals surface area contributed by atoms with Crippen LogP contribution in [0.4, 0.5) is 11.4 Å². The molecule has 2 heterocycles. The van der Waals surface area contributed by atoms with Gasteiger partial charge >= 0.3 is 0 Å². The van der Waals surface area contributed by atoms with E-state index < -0.39 is 0 Å². The van der Waals surface area contributed by atoms with E-state index in [0.29, 0.717) is 29.8 Å². The molecule has 1 aliphatic heterocycles. The van der Waals surface area contributed by atoms with E-state index in [4.69, 9.17) is 13.9 Å². The van der Waals surface area contributed by atoms with E-state index in [1.54, 1.807) is 14.2 Å². The van der Waals surface area contributed by atoms with E-state index in [-0.39, 0.29) is 0 Å². The molecule has 0 radical (unpaired) electrons. The molecule has 2 aromatic carbocycles. The number of hydrogen-bond acceptors (Lipinski definition) is 7. The number of anilines is 2. The van der Waals surface area contributed by atoms with Crippen LogP contribution >= 0.6 is 0 Å². The summed E-state index contributed by atoms with van der Waals surface area (Å²) in [5.41, 5.74) is 3.09. The van der Waals surface area contributed by atoms with Gasteiger partial charge in [0.1, 0.15) is 0 Å². The number of aromatic nitrogens is 2. The molecule has 3 aromatic rings. The smallest absolute Gasteiger partial charge is 0.247 e. The fourth-order valence-electron chi connectivity index (χ4n) is 3.53. The minimum Gasteiger partial charge on any atom is -0.493 e. The summed E-state index contributed by atoms with van der Waals surface area (Å²) in [5, 5.41) is 11.6. The van der Waals surface area contributed by atoms with Crippen LogP contribution in [0.25, 0.3) is 11.5 Å². The van der Waals surface area contributed by atoms with Crippen molar-refractivity contribution in [3.63, 3.8) is 0 Å². The second-order valence-electron chi connectivity index (χ2n) is 7.02. The van der Waals surface area contributed by atoms with Crippen molar-refractivity contribution in [1.82, 2.24) is 10.2 Å². The van der Waals surface area contributed by atoms with Crippen LogP contribution in [0.15, 0.2) is 46.9 Å². The molecule has 0 spiro atoms. The van der Waals surface area contributed by atoms with Gasteiger partial charge in [0, 0.05) is 30.0 Å². The van der Waals surface area contributed by atoms with Gasteiger partial charge in [-0.1, -0.05) is 0 Å². The van der Waals surface area contributed by atoms with Crippen molar-refractivity contribution in [1.29, 1.82) is 0 Å².